The van der Waals surface area contributed by atoms with E-state index in [1.807, 2.05) is 12.1 Å². The number of ether oxygens (including phenoxy) is 1. The number of piperazine rings is 1. The fraction of sp³-hybridized carbons (Fsp3) is 0.300. The van der Waals surface area contributed by atoms with Gasteiger partial charge in [0.15, 0.2) is 5.13 Å². The first kappa shape index (κ1) is 17.9. The van der Waals surface area contributed by atoms with Crippen LogP contribution in [0.3, 0.4) is 0 Å². The average molecular weight is 386 g/mol. The zero-order valence-electron chi connectivity index (χ0n) is 15.1. The number of rotatable bonds is 4. The highest BCUT2D eigenvalue weighted by Crippen LogP contribution is 2.31. The molecule has 0 spiro atoms. The van der Waals surface area contributed by atoms with Crippen LogP contribution in [0.2, 0.25) is 0 Å². The number of anilines is 1. The van der Waals surface area contributed by atoms with Crippen LogP contribution in [-0.2, 0) is 0 Å². The van der Waals surface area contributed by atoms with Crippen LogP contribution in [0.1, 0.15) is 17.3 Å². The first-order chi connectivity index (χ1) is 13.1. The van der Waals surface area contributed by atoms with Crippen LogP contribution in [0, 0.1) is 5.82 Å². The lowest BCUT2D eigenvalue weighted by Gasteiger charge is -2.31. The van der Waals surface area contributed by atoms with Crippen molar-refractivity contribution in [2.75, 3.05) is 37.6 Å². The minimum absolute atomic E-state index is 0.191. The maximum Gasteiger partial charge on any atom is 0.343 e. The molecule has 4 rings (SSSR count). The molecule has 1 aromatic heterocycles. The van der Waals surface area contributed by atoms with Crippen LogP contribution in [0.4, 0.5) is 9.52 Å². The van der Waals surface area contributed by atoms with Gasteiger partial charge in [-0.1, -0.05) is 17.4 Å². The molecule has 1 fully saturated rings. The Morgan fingerprint density at radius 3 is 2.81 bits per heavy atom. The second-order valence-corrected chi connectivity index (χ2v) is 7.63. The summed E-state index contributed by atoms with van der Waals surface area (Å²) >= 11 is 1.61. The molecule has 0 unspecified atom stereocenters. The van der Waals surface area contributed by atoms with Gasteiger partial charge in [0.2, 0.25) is 0 Å². The fourth-order valence-electron chi connectivity index (χ4n) is 3.24. The number of fused-ring (bicyclic) bond motifs is 1. The van der Waals surface area contributed by atoms with Crippen molar-refractivity contribution >= 4 is 32.7 Å². The predicted octanol–water partition coefficient (Wildman–Crippen LogP) is 2.38. The van der Waals surface area contributed by atoms with Crippen molar-refractivity contribution in [2.45, 2.75) is 6.92 Å². The molecule has 0 atom stereocenters. The van der Waals surface area contributed by atoms with E-state index < -0.39 is 11.8 Å². The lowest BCUT2D eigenvalue weighted by Crippen LogP contribution is -3.14. The lowest BCUT2D eigenvalue weighted by molar-refractivity contribution is -0.898. The van der Waals surface area contributed by atoms with Gasteiger partial charge in [0, 0.05) is 6.07 Å². The number of nitrogens with one attached hydrogen (secondary N) is 1. The van der Waals surface area contributed by atoms with Gasteiger partial charge in [-0.3, -0.25) is 0 Å². The van der Waals surface area contributed by atoms with Crippen LogP contribution < -0.4 is 14.5 Å². The number of hydrogen-bond acceptors (Lipinski definition) is 5. The normalized spacial score (nSPS) is 15.3. The minimum atomic E-state index is -0.572. The largest absolute Gasteiger partial charge is 0.423 e. The van der Waals surface area contributed by atoms with E-state index >= 15 is 0 Å². The Hall–Kier alpha value is -2.51. The van der Waals surface area contributed by atoms with E-state index in [2.05, 4.69) is 11.8 Å². The number of thiazole rings is 1. The second kappa shape index (κ2) is 7.62. The molecule has 2 aromatic carbocycles. The SMILES string of the molecule is CC[NH+]1CCN(c2nc3ccc(OC(=O)c4cccc(F)c4)cc3s2)CC1. The fourth-order valence-corrected chi connectivity index (χ4v) is 4.29. The number of quaternary nitrogens is 1. The lowest BCUT2D eigenvalue weighted by atomic mass is 10.2. The second-order valence-electron chi connectivity index (χ2n) is 6.62. The van der Waals surface area contributed by atoms with Crippen LogP contribution in [0.25, 0.3) is 10.2 Å². The summed E-state index contributed by atoms with van der Waals surface area (Å²) in [6, 6.07) is 10.9. The molecule has 0 radical (unpaired) electrons. The maximum atomic E-state index is 13.3. The van der Waals surface area contributed by atoms with Gasteiger partial charge in [0.1, 0.15) is 11.6 Å². The number of carbonyl (C=O) groups is 1. The van der Waals surface area contributed by atoms with Crippen LogP contribution in [0.15, 0.2) is 42.5 Å². The van der Waals surface area contributed by atoms with E-state index in [0.717, 1.165) is 48.1 Å². The number of likely N-dealkylation sites (N-methyl/N-ethyl adjacent to an activating group) is 1. The molecule has 1 aliphatic rings. The average Bonchev–Trinajstić information content (AvgIpc) is 3.11. The summed E-state index contributed by atoms with van der Waals surface area (Å²) in [7, 11) is 0. The summed E-state index contributed by atoms with van der Waals surface area (Å²) in [5, 5.41) is 1.01. The van der Waals surface area contributed by atoms with Crippen molar-refractivity contribution in [3.8, 4) is 5.75 Å². The smallest absolute Gasteiger partial charge is 0.343 e. The van der Waals surface area contributed by atoms with E-state index in [-0.39, 0.29) is 5.56 Å². The number of esters is 1. The highest BCUT2D eigenvalue weighted by Gasteiger charge is 2.21. The Balaban J connectivity index is 1.50. The van der Waals surface area contributed by atoms with Gasteiger partial charge in [0.25, 0.3) is 0 Å². The Bertz CT molecular complexity index is 967. The minimum Gasteiger partial charge on any atom is -0.423 e. The molecule has 7 heteroatoms. The topological polar surface area (TPSA) is 46.9 Å². The van der Waals surface area contributed by atoms with Crippen molar-refractivity contribution in [3.05, 3.63) is 53.8 Å². The molecule has 140 valence electrons. The molecule has 2 heterocycles. The molecule has 3 aromatic rings. The molecule has 0 amide bonds. The zero-order chi connectivity index (χ0) is 18.8. The Morgan fingerprint density at radius 2 is 2.07 bits per heavy atom. The standard InChI is InChI=1S/C20H20FN3O2S/c1-2-23-8-10-24(11-9-23)20-22-17-7-6-16(13-18(17)27-20)26-19(25)14-4-3-5-15(21)12-14/h3-7,12-13H,2,8-11H2,1H3/p+1. The number of benzene rings is 2. The summed E-state index contributed by atoms with van der Waals surface area (Å²) in [6.07, 6.45) is 0. The number of hydrogen-bond donors (Lipinski definition) is 1. The molecular weight excluding hydrogens is 365 g/mol. The van der Waals surface area contributed by atoms with E-state index in [1.54, 1.807) is 22.3 Å². The third-order valence-electron chi connectivity index (χ3n) is 4.86. The van der Waals surface area contributed by atoms with Crippen molar-refractivity contribution in [1.82, 2.24) is 4.98 Å². The molecule has 1 N–H and O–H groups in total. The molecule has 1 aliphatic heterocycles. The summed E-state index contributed by atoms with van der Waals surface area (Å²) in [5.41, 5.74) is 1.09. The molecular formula is C20H21FN3O2S+. The molecule has 0 bridgehead atoms. The highest BCUT2D eigenvalue weighted by atomic mass is 32.1. The Morgan fingerprint density at radius 1 is 1.26 bits per heavy atom. The van der Waals surface area contributed by atoms with E-state index in [0.29, 0.717) is 5.75 Å². The third kappa shape index (κ3) is 3.94. The quantitative estimate of drug-likeness (QED) is 0.553. The molecule has 0 saturated carbocycles. The number of carbonyl (C=O) groups excluding carboxylic acids is 1. The number of halogens is 1. The maximum absolute atomic E-state index is 13.3. The van der Waals surface area contributed by atoms with Crippen LogP contribution in [-0.4, -0.2) is 43.7 Å². The molecule has 1 saturated heterocycles. The van der Waals surface area contributed by atoms with Crippen molar-refractivity contribution in [3.63, 3.8) is 0 Å². The van der Waals surface area contributed by atoms with E-state index in [9.17, 15) is 9.18 Å². The van der Waals surface area contributed by atoms with Gasteiger partial charge in [0.05, 0.1) is 48.5 Å². The van der Waals surface area contributed by atoms with E-state index in [4.69, 9.17) is 9.72 Å². The van der Waals surface area contributed by atoms with Gasteiger partial charge in [-0.2, -0.15) is 0 Å². The molecule has 5 nitrogen and oxygen atoms in total. The van der Waals surface area contributed by atoms with Gasteiger partial charge >= 0.3 is 5.97 Å². The summed E-state index contributed by atoms with van der Waals surface area (Å²) in [6.45, 7) is 7.64. The number of aromatic nitrogens is 1. The van der Waals surface area contributed by atoms with Crippen LogP contribution in [0.5, 0.6) is 5.75 Å². The van der Waals surface area contributed by atoms with Crippen molar-refractivity contribution < 1.29 is 18.8 Å². The first-order valence-corrected chi connectivity index (χ1v) is 9.91. The first-order valence-electron chi connectivity index (χ1n) is 9.09. The van der Waals surface area contributed by atoms with Gasteiger partial charge < -0.3 is 14.5 Å². The van der Waals surface area contributed by atoms with Gasteiger partial charge in [-0.15, -0.1) is 0 Å². The highest BCUT2D eigenvalue weighted by molar-refractivity contribution is 7.22. The third-order valence-corrected chi connectivity index (χ3v) is 5.94. The number of nitrogens with zero attached hydrogens (tertiary/aromatic N) is 2. The zero-order valence-corrected chi connectivity index (χ0v) is 15.9. The summed E-state index contributed by atoms with van der Waals surface area (Å²) < 4.78 is 19.7. The van der Waals surface area contributed by atoms with E-state index in [1.165, 1.54) is 24.3 Å². The van der Waals surface area contributed by atoms with Crippen molar-refractivity contribution in [2.24, 2.45) is 0 Å². The molecule has 27 heavy (non-hydrogen) atoms. The van der Waals surface area contributed by atoms with Gasteiger partial charge in [-0.05, 0) is 37.3 Å². The molecule has 0 aliphatic carbocycles. The summed E-state index contributed by atoms with van der Waals surface area (Å²) in [4.78, 5) is 20.9. The summed E-state index contributed by atoms with van der Waals surface area (Å²) in [5.74, 6) is -0.596. The van der Waals surface area contributed by atoms with Crippen LogP contribution >= 0.6 is 11.3 Å². The Kier molecular flexibility index (Phi) is 5.05. The van der Waals surface area contributed by atoms with Crippen molar-refractivity contribution in [1.29, 1.82) is 0 Å². The Labute approximate surface area is 161 Å². The van der Waals surface area contributed by atoms with Gasteiger partial charge in [-0.25, -0.2) is 14.2 Å². The predicted molar refractivity (Wildman–Crippen MR) is 104 cm³/mol. The monoisotopic (exact) mass is 386 g/mol.